The van der Waals surface area contributed by atoms with Gasteiger partial charge < -0.3 is 20.4 Å². The first-order valence-corrected chi connectivity index (χ1v) is 8.37. The minimum absolute atomic E-state index is 0.214. The van der Waals surface area contributed by atoms with Crippen LogP contribution in [0.1, 0.15) is 16.1 Å². The number of carbonyl (C=O) groups is 2. The number of aromatic nitrogens is 1. The van der Waals surface area contributed by atoms with Crippen molar-refractivity contribution in [2.24, 2.45) is 0 Å². The lowest BCUT2D eigenvalue weighted by Crippen LogP contribution is -2.47. The van der Waals surface area contributed by atoms with E-state index >= 15 is 0 Å². The van der Waals surface area contributed by atoms with Crippen molar-refractivity contribution in [3.05, 3.63) is 47.0 Å². The smallest absolute Gasteiger partial charge is 0.268 e. The molecule has 0 aliphatic carbocycles. The minimum Gasteiger partial charge on any atom is -0.497 e. The van der Waals surface area contributed by atoms with Gasteiger partial charge in [-0.15, -0.1) is 11.3 Å². The number of rotatable bonds is 3. The number of hydrogen-bond acceptors (Lipinski definition) is 4. The average Bonchev–Trinajstić information content (AvgIpc) is 3.16. The molecule has 3 N–H and O–H groups in total. The largest absolute Gasteiger partial charge is 0.497 e. The first kappa shape index (κ1) is 14.8. The van der Waals surface area contributed by atoms with Gasteiger partial charge in [-0.2, -0.15) is 0 Å². The van der Waals surface area contributed by atoms with Gasteiger partial charge in [-0.3, -0.25) is 9.59 Å². The molecule has 1 unspecified atom stereocenters. The van der Waals surface area contributed by atoms with Crippen LogP contribution in [0.15, 0.2) is 35.7 Å². The Hall–Kier alpha value is -2.80. The van der Waals surface area contributed by atoms with Crippen LogP contribution in [-0.2, 0) is 11.2 Å². The van der Waals surface area contributed by atoms with E-state index in [9.17, 15) is 9.59 Å². The predicted octanol–water partition coefficient (Wildman–Crippen LogP) is 2.53. The lowest BCUT2D eigenvalue weighted by molar-refractivity contribution is -0.118. The molecule has 1 atom stereocenters. The molecule has 1 aromatic carbocycles. The standard InChI is InChI=1S/C17H15N3O3S/c1-23-11-2-3-12-10(6-11)8-13(15(21)18-12)19-16(22)14-7-9-4-5-24-17(9)20-14/h2-7,13,20H,8H2,1H3,(H,18,21)(H,19,22). The third-order valence-corrected chi connectivity index (χ3v) is 4.95. The highest BCUT2D eigenvalue weighted by Crippen LogP contribution is 2.27. The molecular formula is C17H15N3O3S. The Kier molecular flexibility index (Phi) is 3.50. The van der Waals surface area contributed by atoms with Crippen molar-refractivity contribution in [3.8, 4) is 5.75 Å². The summed E-state index contributed by atoms with van der Waals surface area (Å²) in [7, 11) is 1.60. The highest BCUT2D eigenvalue weighted by atomic mass is 32.1. The maximum Gasteiger partial charge on any atom is 0.268 e. The van der Waals surface area contributed by atoms with Crippen LogP contribution in [0.25, 0.3) is 10.2 Å². The molecule has 0 saturated carbocycles. The quantitative estimate of drug-likeness (QED) is 0.684. The molecule has 3 heterocycles. The zero-order chi connectivity index (χ0) is 16.7. The monoisotopic (exact) mass is 341 g/mol. The molecule has 122 valence electrons. The molecule has 24 heavy (non-hydrogen) atoms. The van der Waals surface area contributed by atoms with Crippen molar-refractivity contribution in [3.63, 3.8) is 0 Å². The number of amides is 2. The van der Waals surface area contributed by atoms with Crippen LogP contribution in [0, 0.1) is 0 Å². The second kappa shape index (κ2) is 5.68. The van der Waals surface area contributed by atoms with Gasteiger partial charge in [-0.1, -0.05) is 0 Å². The molecule has 0 saturated heterocycles. The number of carbonyl (C=O) groups excluding carboxylic acids is 2. The van der Waals surface area contributed by atoms with Gasteiger partial charge in [0.2, 0.25) is 5.91 Å². The molecule has 1 aliphatic rings. The maximum absolute atomic E-state index is 12.4. The molecule has 6 nitrogen and oxygen atoms in total. The van der Waals surface area contributed by atoms with Gasteiger partial charge in [-0.05, 0) is 41.3 Å². The Morgan fingerprint density at radius 3 is 3.00 bits per heavy atom. The molecule has 4 rings (SSSR count). The molecule has 2 aromatic heterocycles. The zero-order valence-corrected chi connectivity index (χ0v) is 13.7. The Morgan fingerprint density at radius 2 is 2.21 bits per heavy atom. The number of benzene rings is 1. The second-order valence-electron chi connectivity index (χ2n) is 5.63. The van der Waals surface area contributed by atoms with Crippen LogP contribution in [-0.4, -0.2) is 29.9 Å². The number of fused-ring (bicyclic) bond motifs is 2. The van der Waals surface area contributed by atoms with E-state index in [2.05, 4.69) is 15.6 Å². The summed E-state index contributed by atoms with van der Waals surface area (Å²) in [5.74, 6) is 0.221. The fourth-order valence-electron chi connectivity index (χ4n) is 2.84. The highest BCUT2D eigenvalue weighted by Gasteiger charge is 2.28. The summed E-state index contributed by atoms with van der Waals surface area (Å²) in [6.45, 7) is 0. The van der Waals surface area contributed by atoms with Crippen molar-refractivity contribution in [2.45, 2.75) is 12.5 Å². The normalized spacial score (nSPS) is 16.5. The van der Waals surface area contributed by atoms with Crippen LogP contribution >= 0.6 is 11.3 Å². The summed E-state index contributed by atoms with van der Waals surface area (Å²) in [6.07, 6.45) is 0.430. The average molecular weight is 341 g/mol. The number of hydrogen-bond donors (Lipinski definition) is 3. The van der Waals surface area contributed by atoms with Gasteiger partial charge in [0.1, 0.15) is 22.3 Å². The number of ether oxygens (including phenoxy) is 1. The number of methoxy groups -OCH3 is 1. The maximum atomic E-state index is 12.4. The summed E-state index contributed by atoms with van der Waals surface area (Å²) in [6, 6.07) is 8.60. The van der Waals surface area contributed by atoms with Gasteiger partial charge >= 0.3 is 0 Å². The number of anilines is 1. The predicted molar refractivity (Wildman–Crippen MR) is 92.8 cm³/mol. The molecule has 0 fully saturated rings. The fourth-order valence-corrected chi connectivity index (χ4v) is 3.63. The molecule has 7 heteroatoms. The van der Waals surface area contributed by atoms with Crippen molar-refractivity contribution in [1.82, 2.24) is 10.3 Å². The van der Waals surface area contributed by atoms with Crippen LogP contribution in [0.2, 0.25) is 0 Å². The van der Waals surface area contributed by atoms with Gasteiger partial charge in [0, 0.05) is 17.5 Å². The van der Waals surface area contributed by atoms with Crippen LogP contribution < -0.4 is 15.4 Å². The van der Waals surface area contributed by atoms with Crippen LogP contribution in [0.5, 0.6) is 5.75 Å². The molecule has 1 aliphatic heterocycles. The fraction of sp³-hybridized carbons (Fsp3) is 0.176. The van der Waals surface area contributed by atoms with E-state index in [-0.39, 0.29) is 11.8 Å². The molecule has 0 spiro atoms. The number of thiophene rings is 1. The van der Waals surface area contributed by atoms with E-state index in [1.54, 1.807) is 19.2 Å². The summed E-state index contributed by atoms with van der Waals surface area (Å²) >= 11 is 1.54. The van der Waals surface area contributed by atoms with Crippen LogP contribution in [0.4, 0.5) is 5.69 Å². The van der Waals surface area contributed by atoms with Crippen molar-refractivity contribution < 1.29 is 14.3 Å². The minimum atomic E-state index is -0.613. The highest BCUT2D eigenvalue weighted by molar-refractivity contribution is 7.16. The molecule has 3 aromatic rings. The first-order chi connectivity index (χ1) is 11.6. The van der Waals surface area contributed by atoms with Crippen molar-refractivity contribution in [2.75, 3.05) is 12.4 Å². The summed E-state index contributed by atoms with van der Waals surface area (Å²) < 4.78 is 5.21. The van der Waals surface area contributed by atoms with Gasteiger partial charge in [0.15, 0.2) is 0 Å². The molecular weight excluding hydrogens is 326 g/mol. The van der Waals surface area contributed by atoms with Crippen molar-refractivity contribution in [1.29, 1.82) is 0 Å². The third kappa shape index (κ3) is 2.52. The van der Waals surface area contributed by atoms with Gasteiger partial charge in [0.05, 0.1) is 7.11 Å². The topological polar surface area (TPSA) is 83.2 Å². The Balaban J connectivity index is 1.54. The molecule has 0 radical (unpaired) electrons. The van der Waals surface area contributed by atoms with E-state index in [0.717, 1.165) is 27.2 Å². The lowest BCUT2D eigenvalue weighted by atomic mass is 9.98. The second-order valence-corrected chi connectivity index (χ2v) is 6.55. The van der Waals surface area contributed by atoms with Gasteiger partial charge in [-0.25, -0.2) is 0 Å². The summed E-state index contributed by atoms with van der Waals surface area (Å²) in [5.41, 5.74) is 2.15. The van der Waals surface area contributed by atoms with Crippen molar-refractivity contribution >= 4 is 39.1 Å². The number of H-pyrrole nitrogens is 1. The van der Waals surface area contributed by atoms with E-state index in [4.69, 9.17) is 4.74 Å². The number of aromatic amines is 1. The summed E-state index contributed by atoms with van der Waals surface area (Å²) in [5, 5.41) is 8.57. The van der Waals surface area contributed by atoms with E-state index in [1.165, 1.54) is 11.3 Å². The Labute approximate surface area is 141 Å². The van der Waals surface area contributed by atoms with Gasteiger partial charge in [0.25, 0.3) is 5.91 Å². The Morgan fingerprint density at radius 1 is 1.33 bits per heavy atom. The lowest BCUT2D eigenvalue weighted by Gasteiger charge is -2.25. The zero-order valence-electron chi connectivity index (χ0n) is 12.9. The SMILES string of the molecule is COc1ccc2c(c1)CC(NC(=O)c1cc3ccsc3[nH]1)C(=O)N2. The number of nitrogens with one attached hydrogen (secondary N) is 3. The Bertz CT molecular complexity index is 915. The van der Waals surface area contributed by atoms with E-state index in [1.807, 2.05) is 23.6 Å². The first-order valence-electron chi connectivity index (χ1n) is 7.49. The summed E-state index contributed by atoms with van der Waals surface area (Å²) in [4.78, 5) is 28.7. The molecule has 0 bridgehead atoms. The molecule has 2 amide bonds. The van der Waals surface area contributed by atoms with E-state index < -0.39 is 6.04 Å². The third-order valence-electron chi connectivity index (χ3n) is 4.10. The van der Waals surface area contributed by atoms with Crippen LogP contribution in [0.3, 0.4) is 0 Å². The van der Waals surface area contributed by atoms with E-state index in [0.29, 0.717) is 12.1 Å².